The summed E-state index contributed by atoms with van der Waals surface area (Å²) in [7, 11) is 1.66. The quantitative estimate of drug-likeness (QED) is 0.871. The third-order valence-electron chi connectivity index (χ3n) is 4.31. The van der Waals surface area contributed by atoms with Gasteiger partial charge in [0.1, 0.15) is 6.04 Å². The fourth-order valence-electron chi connectivity index (χ4n) is 3.00. The lowest BCUT2D eigenvalue weighted by atomic mass is 10.0. The number of rotatable bonds is 3. The molecule has 0 bridgehead atoms. The fraction of sp³-hybridized carbons (Fsp3) is 0.471. The van der Waals surface area contributed by atoms with Crippen LogP contribution in [0.4, 0.5) is 0 Å². The summed E-state index contributed by atoms with van der Waals surface area (Å²) in [5.41, 5.74) is 2.73. The molecule has 0 unspecified atom stereocenters. The Bertz CT molecular complexity index is 726. The van der Waals surface area contributed by atoms with Crippen LogP contribution in [-0.4, -0.2) is 40.7 Å². The topological polar surface area (TPSA) is 68.5 Å². The van der Waals surface area contributed by atoms with Crippen molar-refractivity contribution in [2.24, 2.45) is 0 Å². The molecule has 2 atom stereocenters. The predicted octanol–water partition coefficient (Wildman–Crippen LogP) is 2.60. The monoisotopic (exact) mass is 315 g/mol. The van der Waals surface area contributed by atoms with E-state index in [9.17, 15) is 4.79 Å². The molecule has 6 nitrogen and oxygen atoms in total. The van der Waals surface area contributed by atoms with Crippen LogP contribution in [0.15, 0.2) is 22.7 Å². The maximum Gasteiger partial charge on any atom is 0.254 e. The lowest BCUT2D eigenvalue weighted by Crippen LogP contribution is -2.32. The number of carbonyl (C=O) groups excluding carboxylic acids is 1. The van der Waals surface area contributed by atoms with Crippen LogP contribution < -0.4 is 0 Å². The van der Waals surface area contributed by atoms with Gasteiger partial charge >= 0.3 is 0 Å². The van der Waals surface area contributed by atoms with Crippen LogP contribution in [0, 0.1) is 20.8 Å². The first-order valence-electron chi connectivity index (χ1n) is 7.71. The van der Waals surface area contributed by atoms with E-state index in [-0.39, 0.29) is 18.1 Å². The highest BCUT2D eigenvalue weighted by atomic mass is 16.5. The Morgan fingerprint density at radius 1 is 1.35 bits per heavy atom. The molecule has 1 aliphatic rings. The molecule has 2 aromatic rings. The van der Waals surface area contributed by atoms with Crippen LogP contribution in [0.2, 0.25) is 0 Å². The van der Waals surface area contributed by atoms with E-state index in [0.29, 0.717) is 30.2 Å². The van der Waals surface area contributed by atoms with E-state index >= 15 is 0 Å². The van der Waals surface area contributed by atoms with Gasteiger partial charge in [0, 0.05) is 25.6 Å². The summed E-state index contributed by atoms with van der Waals surface area (Å²) in [6.07, 6.45) is 0.635. The molecular weight excluding hydrogens is 294 g/mol. The van der Waals surface area contributed by atoms with E-state index in [2.05, 4.69) is 10.1 Å². The smallest absolute Gasteiger partial charge is 0.254 e. The second kappa shape index (κ2) is 6.12. The first kappa shape index (κ1) is 15.7. The standard InChI is InChI=1S/C17H21N3O3/c1-10-5-6-11(2)14(7-10)17(21)20-9-13(22-4)8-15(20)16-18-12(3)19-23-16/h5-7,13,15H,8-9H2,1-4H3/t13-,15+/m0/s1. The molecule has 23 heavy (non-hydrogen) atoms. The number of methoxy groups -OCH3 is 1. The average molecular weight is 315 g/mol. The summed E-state index contributed by atoms with van der Waals surface area (Å²) in [5.74, 6) is 1.02. The lowest BCUT2D eigenvalue weighted by molar-refractivity contribution is 0.0670. The number of aromatic nitrogens is 2. The molecule has 1 aromatic carbocycles. The Kier molecular flexibility index (Phi) is 4.17. The lowest BCUT2D eigenvalue weighted by Gasteiger charge is -2.22. The zero-order valence-corrected chi connectivity index (χ0v) is 13.9. The molecule has 6 heteroatoms. The summed E-state index contributed by atoms with van der Waals surface area (Å²) in [5, 5.41) is 3.85. The summed E-state index contributed by atoms with van der Waals surface area (Å²) in [4.78, 5) is 19.1. The fourth-order valence-corrected chi connectivity index (χ4v) is 3.00. The van der Waals surface area contributed by atoms with Gasteiger partial charge in [0.05, 0.1) is 6.10 Å². The molecule has 0 radical (unpaired) electrons. The first-order valence-corrected chi connectivity index (χ1v) is 7.71. The zero-order chi connectivity index (χ0) is 16.6. The van der Waals surface area contributed by atoms with E-state index in [0.717, 1.165) is 11.1 Å². The molecule has 1 fully saturated rings. The van der Waals surface area contributed by atoms with Crippen LogP contribution in [0.5, 0.6) is 0 Å². The van der Waals surface area contributed by atoms with Gasteiger partial charge in [0.25, 0.3) is 5.91 Å². The van der Waals surface area contributed by atoms with Crippen molar-refractivity contribution in [1.29, 1.82) is 0 Å². The van der Waals surface area contributed by atoms with Gasteiger partial charge in [-0.3, -0.25) is 4.79 Å². The van der Waals surface area contributed by atoms with Crippen LogP contribution in [-0.2, 0) is 4.74 Å². The highest BCUT2D eigenvalue weighted by Gasteiger charge is 2.40. The molecule has 0 saturated carbocycles. The first-order chi connectivity index (χ1) is 11.0. The number of carbonyl (C=O) groups is 1. The van der Waals surface area contributed by atoms with Crippen LogP contribution in [0.3, 0.4) is 0 Å². The van der Waals surface area contributed by atoms with E-state index in [1.165, 1.54) is 0 Å². The van der Waals surface area contributed by atoms with Gasteiger partial charge in [-0.1, -0.05) is 22.9 Å². The highest BCUT2D eigenvalue weighted by molar-refractivity contribution is 5.96. The molecule has 1 aromatic heterocycles. The minimum absolute atomic E-state index is 0.0217. The van der Waals surface area contributed by atoms with Gasteiger partial charge < -0.3 is 14.2 Å². The van der Waals surface area contributed by atoms with E-state index < -0.39 is 0 Å². The van der Waals surface area contributed by atoms with Gasteiger partial charge in [-0.05, 0) is 32.4 Å². The predicted molar refractivity (Wildman–Crippen MR) is 84.1 cm³/mol. The molecule has 1 aliphatic heterocycles. The number of hydrogen-bond donors (Lipinski definition) is 0. The third kappa shape index (κ3) is 2.99. The Morgan fingerprint density at radius 3 is 2.78 bits per heavy atom. The normalized spacial score (nSPS) is 21.0. The van der Waals surface area contributed by atoms with E-state index in [4.69, 9.17) is 9.26 Å². The Hall–Kier alpha value is -2.21. The highest BCUT2D eigenvalue weighted by Crippen LogP contribution is 2.34. The summed E-state index contributed by atoms with van der Waals surface area (Å²) < 4.78 is 10.8. The van der Waals surface area contributed by atoms with Gasteiger partial charge in [-0.2, -0.15) is 4.98 Å². The summed E-state index contributed by atoms with van der Waals surface area (Å²) in [6.45, 7) is 6.22. The second-order valence-electron chi connectivity index (χ2n) is 6.06. The Morgan fingerprint density at radius 2 is 2.13 bits per heavy atom. The summed E-state index contributed by atoms with van der Waals surface area (Å²) >= 11 is 0. The van der Waals surface area contributed by atoms with E-state index in [1.807, 2.05) is 32.0 Å². The largest absolute Gasteiger partial charge is 0.380 e. The third-order valence-corrected chi connectivity index (χ3v) is 4.31. The maximum absolute atomic E-state index is 13.1. The SMILES string of the molecule is CO[C@H]1C[C@H](c2nc(C)no2)N(C(=O)c2cc(C)ccc2C)C1. The molecule has 1 saturated heterocycles. The van der Waals surface area contributed by atoms with Crippen molar-refractivity contribution in [2.75, 3.05) is 13.7 Å². The molecule has 0 aliphatic carbocycles. The number of nitrogens with zero attached hydrogens (tertiary/aromatic N) is 3. The number of aryl methyl sites for hydroxylation is 3. The number of hydrogen-bond acceptors (Lipinski definition) is 5. The number of amides is 1. The van der Waals surface area contributed by atoms with E-state index in [1.54, 1.807) is 18.9 Å². The molecule has 2 heterocycles. The van der Waals surface area contributed by atoms with Crippen molar-refractivity contribution in [2.45, 2.75) is 39.3 Å². The minimum Gasteiger partial charge on any atom is -0.380 e. The van der Waals surface area contributed by atoms with Gasteiger partial charge in [-0.15, -0.1) is 0 Å². The van der Waals surface area contributed by atoms with Gasteiger partial charge in [0.2, 0.25) is 5.89 Å². The van der Waals surface area contributed by atoms with Crippen molar-refractivity contribution in [3.63, 3.8) is 0 Å². The van der Waals surface area contributed by atoms with Crippen molar-refractivity contribution in [3.05, 3.63) is 46.6 Å². The molecular formula is C17H21N3O3. The van der Waals surface area contributed by atoms with Crippen molar-refractivity contribution in [1.82, 2.24) is 15.0 Å². The second-order valence-corrected chi connectivity index (χ2v) is 6.06. The molecule has 122 valence electrons. The average Bonchev–Trinajstić information content (AvgIpc) is 3.14. The number of likely N-dealkylation sites (tertiary alicyclic amines) is 1. The molecule has 3 rings (SSSR count). The van der Waals surface area contributed by atoms with Gasteiger partial charge in [0.15, 0.2) is 5.82 Å². The van der Waals surface area contributed by atoms with Crippen LogP contribution in [0.25, 0.3) is 0 Å². The van der Waals surface area contributed by atoms with Crippen LogP contribution in [0.1, 0.15) is 45.7 Å². The molecule has 0 N–H and O–H groups in total. The Balaban J connectivity index is 1.94. The van der Waals surface area contributed by atoms with Crippen molar-refractivity contribution >= 4 is 5.91 Å². The zero-order valence-electron chi connectivity index (χ0n) is 13.9. The Labute approximate surface area is 135 Å². The summed E-state index contributed by atoms with van der Waals surface area (Å²) in [6, 6.07) is 5.66. The number of ether oxygens (including phenoxy) is 1. The minimum atomic E-state index is -0.242. The van der Waals surface area contributed by atoms with Crippen molar-refractivity contribution < 1.29 is 14.1 Å². The molecule has 1 amide bonds. The van der Waals surface area contributed by atoms with Crippen LogP contribution >= 0.6 is 0 Å². The van der Waals surface area contributed by atoms with Gasteiger partial charge in [-0.25, -0.2) is 0 Å². The maximum atomic E-state index is 13.1. The van der Waals surface area contributed by atoms with Crippen molar-refractivity contribution in [3.8, 4) is 0 Å². The number of benzene rings is 1. The molecule has 0 spiro atoms.